The highest BCUT2D eigenvalue weighted by Crippen LogP contribution is 2.21. The van der Waals surface area contributed by atoms with Crippen molar-refractivity contribution in [2.75, 3.05) is 21.3 Å². The van der Waals surface area contributed by atoms with Crippen LogP contribution in [0.3, 0.4) is 0 Å². The normalized spacial score (nSPS) is 11.6. The second-order valence-electron chi connectivity index (χ2n) is 3.52. The maximum absolute atomic E-state index is 11.5. The number of ether oxygens (including phenoxy) is 3. The zero-order valence-electron chi connectivity index (χ0n) is 10.7. The Morgan fingerprint density at radius 3 is 1.61 bits per heavy atom. The summed E-state index contributed by atoms with van der Waals surface area (Å²) in [6.07, 6.45) is -0.388. The molecule has 0 rings (SSSR count). The van der Waals surface area contributed by atoms with Crippen molar-refractivity contribution >= 4 is 23.7 Å². The topological polar surface area (TPSA) is 96.0 Å². The number of esters is 3. The van der Waals surface area contributed by atoms with Crippen LogP contribution in [0.4, 0.5) is 0 Å². The first-order valence-electron chi connectivity index (χ1n) is 5.11. The fourth-order valence-electron chi connectivity index (χ4n) is 1.44. The summed E-state index contributed by atoms with van der Waals surface area (Å²) in [6, 6.07) is 0. The number of hydrogen-bond acceptors (Lipinski definition) is 7. The molecule has 0 bridgehead atoms. The Balaban J connectivity index is 5.22. The summed E-state index contributed by atoms with van der Waals surface area (Å²) in [4.78, 5) is 45.6. The van der Waals surface area contributed by atoms with E-state index in [9.17, 15) is 19.2 Å². The second kappa shape index (κ2) is 7.41. The lowest BCUT2D eigenvalue weighted by atomic mass is 9.86. The average molecular weight is 260 g/mol. The molecule has 0 saturated carbocycles. The van der Waals surface area contributed by atoms with E-state index in [2.05, 4.69) is 14.2 Å². The van der Waals surface area contributed by atoms with E-state index in [1.807, 2.05) is 0 Å². The largest absolute Gasteiger partial charge is 0.469 e. The highest BCUT2D eigenvalue weighted by molar-refractivity contribution is 6.01. The van der Waals surface area contributed by atoms with Gasteiger partial charge in [0.1, 0.15) is 5.78 Å². The van der Waals surface area contributed by atoms with Crippen LogP contribution in [-0.2, 0) is 33.4 Å². The van der Waals surface area contributed by atoms with E-state index < -0.39 is 35.5 Å². The molecule has 7 nitrogen and oxygen atoms in total. The predicted molar refractivity (Wildman–Crippen MR) is 58.3 cm³/mol. The van der Waals surface area contributed by atoms with Gasteiger partial charge in [-0.05, 0) is 6.92 Å². The molecule has 0 saturated heterocycles. The summed E-state index contributed by atoms with van der Waals surface area (Å²) in [5.41, 5.74) is 0. The van der Waals surface area contributed by atoms with Crippen molar-refractivity contribution in [3.8, 4) is 0 Å². The maximum atomic E-state index is 11.5. The Morgan fingerprint density at radius 2 is 1.33 bits per heavy atom. The van der Waals surface area contributed by atoms with Crippen LogP contribution in [0.15, 0.2) is 0 Å². The first-order valence-corrected chi connectivity index (χ1v) is 5.11. The lowest BCUT2D eigenvalue weighted by Crippen LogP contribution is -2.38. The van der Waals surface area contributed by atoms with Crippen LogP contribution in [-0.4, -0.2) is 45.0 Å². The van der Waals surface area contributed by atoms with Gasteiger partial charge in [0.25, 0.3) is 0 Å². The average Bonchev–Trinajstić information content (AvgIpc) is 2.36. The van der Waals surface area contributed by atoms with Gasteiger partial charge in [-0.15, -0.1) is 0 Å². The van der Waals surface area contributed by atoms with E-state index in [4.69, 9.17) is 0 Å². The minimum Gasteiger partial charge on any atom is -0.469 e. The zero-order valence-corrected chi connectivity index (χ0v) is 10.7. The summed E-state index contributed by atoms with van der Waals surface area (Å²) in [5.74, 6) is -5.67. The molecule has 0 amide bonds. The van der Waals surface area contributed by atoms with Crippen LogP contribution in [0.2, 0.25) is 0 Å². The van der Waals surface area contributed by atoms with Gasteiger partial charge >= 0.3 is 17.9 Å². The van der Waals surface area contributed by atoms with E-state index in [0.717, 1.165) is 21.3 Å². The SMILES string of the molecule is COC(=O)CC(C(C)=O)C(C(=O)OC)C(=O)OC. The highest BCUT2D eigenvalue weighted by atomic mass is 16.5. The molecule has 0 fully saturated rings. The van der Waals surface area contributed by atoms with Gasteiger partial charge in [0.2, 0.25) is 0 Å². The van der Waals surface area contributed by atoms with Crippen LogP contribution < -0.4 is 0 Å². The Labute approximate surface area is 104 Å². The lowest BCUT2D eigenvalue weighted by Gasteiger charge is -2.19. The van der Waals surface area contributed by atoms with E-state index in [-0.39, 0.29) is 6.42 Å². The van der Waals surface area contributed by atoms with Gasteiger partial charge in [0.05, 0.1) is 33.7 Å². The van der Waals surface area contributed by atoms with E-state index in [0.29, 0.717) is 0 Å². The highest BCUT2D eigenvalue weighted by Gasteiger charge is 2.40. The zero-order chi connectivity index (χ0) is 14.3. The molecule has 0 heterocycles. The summed E-state index contributed by atoms with van der Waals surface area (Å²) in [7, 11) is 3.30. The van der Waals surface area contributed by atoms with Crippen molar-refractivity contribution in [1.29, 1.82) is 0 Å². The maximum Gasteiger partial charge on any atom is 0.320 e. The Bertz CT molecular complexity index is 331. The molecule has 0 aromatic carbocycles. The number of ketones is 1. The molecule has 1 unspecified atom stereocenters. The van der Waals surface area contributed by atoms with Gasteiger partial charge in [-0.3, -0.25) is 19.2 Å². The molecule has 0 aromatic rings. The molecule has 0 N–H and O–H groups in total. The molecule has 0 spiro atoms. The monoisotopic (exact) mass is 260 g/mol. The van der Waals surface area contributed by atoms with Crippen molar-refractivity contribution in [1.82, 2.24) is 0 Å². The van der Waals surface area contributed by atoms with Crippen molar-refractivity contribution in [2.45, 2.75) is 13.3 Å². The predicted octanol–water partition coefficient (Wildman–Crippen LogP) is -0.283. The third-order valence-electron chi connectivity index (χ3n) is 2.45. The fourth-order valence-corrected chi connectivity index (χ4v) is 1.44. The third-order valence-corrected chi connectivity index (χ3v) is 2.45. The minimum atomic E-state index is -1.46. The molecule has 7 heteroatoms. The summed E-state index contributed by atoms with van der Waals surface area (Å²) >= 11 is 0. The minimum absolute atomic E-state index is 0.388. The van der Waals surface area contributed by atoms with Crippen LogP contribution >= 0.6 is 0 Å². The first kappa shape index (κ1) is 16.1. The lowest BCUT2D eigenvalue weighted by molar-refractivity contribution is -0.164. The van der Waals surface area contributed by atoms with Gasteiger partial charge in [0, 0.05) is 0 Å². The Morgan fingerprint density at radius 1 is 0.889 bits per heavy atom. The van der Waals surface area contributed by atoms with Gasteiger partial charge in [0.15, 0.2) is 5.92 Å². The molecule has 0 aliphatic carbocycles. The molecule has 0 aliphatic heterocycles. The molecular weight excluding hydrogens is 244 g/mol. The molecule has 18 heavy (non-hydrogen) atoms. The quantitative estimate of drug-likeness (QED) is 0.368. The third kappa shape index (κ3) is 4.15. The van der Waals surface area contributed by atoms with Crippen LogP contribution in [0.25, 0.3) is 0 Å². The fraction of sp³-hybridized carbons (Fsp3) is 0.636. The van der Waals surface area contributed by atoms with Crippen molar-refractivity contribution in [3.05, 3.63) is 0 Å². The van der Waals surface area contributed by atoms with Gasteiger partial charge in [-0.25, -0.2) is 0 Å². The molecule has 102 valence electrons. The number of carbonyl (C=O) groups is 4. The van der Waals surface area contributed by atoms with Crippen molar-refractivity contribution in [2.24, 2.45) is 11.8 Å². The van der Waals surface area contributed by atoms with Gasteiger partial charge in [-0.1, -0.05) is 0 Å². The smallest absolute Gasteiger partial charge is 0.320 e. The standard InChI is InChI=1S/C11H16O7/c1-6(12)7(5-8(13)16-2)9(10(14)17-3)11(15)18-4/h7,9H,5H2,1-4H3. The van der Waals surface area contributed by atoms with E-state index in [1.54, 1.807) is 0 Å². The van der Waals surface area contributed by atoms with Gasteiger partial charge in [-0.2, -0.15) is 0 Å². The molecule has 0 aliphatic rings. The van der Waals surface area contributed by atoms with E-state index >= 15 is 0 Å². The number of rotatable bonds is 6. The molecule has 0 aromatic heterocycles. The number of hydrogen-bond donors (Lipinski definition) is 0. The number of Topliss-reactive ketones (excluding diaryl/α,β-unsaturated/α-hetero) is 1. The molecule has 0 radical (unpaired) electrons. The number of methoxy groups -OCH3 is 3. The summed E-state index contributed by atoms with van der Waals surface area (Å²) in [5, 5.41) is 0. The van der Waals surface area contributed by atoms with E-state index in [1.165, 1.54) is 6.92 Å². The van der Waals surface area contributed by atoms with Crippen molar-refractivity contribution in [3.63, 3.8) is 0 Å². The first-order chi connectivity index (χ1) is 8.38. The van der Waals surface area contributed by atoms with Crippen LogP contribution in [0.5, 0.6) is 0 Å². The molecular formula is C11H16O7. The van der Waals surface area contributed by atoms with Crippen LogP contribution in [0.1, 0.15) is 13.3 Å². The number of carbonyl (C=O) groups excluding carboxylic acids is 4. The Hall–Kier alpha value is -1.92. The Kier molecular flexibility index (Phi) is 6.62. The second-order valence-corrected chi connectivity index (χ2v) is 3.52. The van der Waals surface area contributed by atoms with Crippen LogP contribution in [0, 0.1) is 11.8 Å². The van der Waals surface area contributed by atoms with Gasteiger partial charge < -0.3 is 14.2 Å². The van der Waals surface area contributed by atoms with Crippen molar-refractivity contribution < 1.29 is 33.4 Å². The summed E-state index contributed by atoms with van der Waals surface area (Å²) < 4.78 is 13.3. The molecule has 1 atom stereocenters. The summed E-state index contributed by atoms with van der Waals surface area (Å²) in [6.45, 7) is 1.17.